The third-order valence-electron chi connectivity index (χ3n) is 13.7. The second-order valence-corrected chi connectivity index (χ2v) is 23.8. The summed E-state index contributed by atoms with van der Waals surface area (Å²) in [6.45, 7) is 16.3. The van der Waals surface area contributed by atoms with Gasteiger partial charge in [-0.3, -0.25) is 0 Å². The summed E-state index contributed by atoms with van der Waals surface area (Å²) in [5, 5.41) is 0. The topological polar surface area (TPSA) is 55.4 Å². The maximum Gasteiger partial charge on any atom is 0.119 e. The molecule has 78 heavy (non-hydrogen) atoms. The average Bonchev–Trinajstić information content (AvgIpc) is 3.50. The summed E-state index contributed by atoms with van der Waals surface area (Å²) < 4.78 is 44.3. The molecule has 0 aliphatic rings. The third kappa shape index (κ3) is 16.8. The van der Waals surface area contributed by atoms with Crippen molar-refractivity contribution in [2.75, 3.05) is 0 Å². The summed E-state index contributed by atoms with van der Waals surface area (Å²) in [5.41, 5.74) is 15.3. The molecule has 0 N–H and O–H groups in total. The number of hydrogen-bond acceptors (Lipinski definition) is 6. The molecule has 0 bridgehead atoms. The van der Waals surface area contributed by atoms with E-state index in [1.54, 1.807) is 0 Å². The van der Waals surface area contributed by atoms with Crippen molar-refractivity contribution in [3.8, 4) is 34.5 Å². The van der Waals surface area contributed by atoms with Crippen molar-refractivity contribution in [1.82, 2.24) is 0 Å². The number of rotatable bonds is 24. The van der Waals surface area contributed by atoms with Crippen LogP contribution in [0.2, 0.25) is 0 Å². The van der Waals surface area contributed by atoms with Gasteiger partial charge in [-0.1, -0.05) is 137 Å². The Balaban J connectivity index is 0.000000226. The van der Waals surface area contributed by atoms with Crippen molar-refractivity contribution in [3.63, 3.8) is 0 Å². The molecule has 0 fully saturated rings. The SMILES string of the molecule is CCc1c(COc2ccc(Br)cc2)c(CC)c(COc2ccc(Br)cc2)c(CC)c1COc1ccc(Br)cc1.CCc1c(COc2ccc(Br)cc2)c(CC)c(COc2ccc(Br)cc2)c(CC)c1COc1ccc(Br)cc1. The molecule has 0 heterocycles. The zero-order chi connectivity index (χ0) is 55.6. The Hall–Kier alpha value is -4.56. The van der Waals surface area contributed by atoms with E-state index in [0.717, 1.165) is 99.9 Å². The molecule has 8 aromatic carbocycles. The van der Waals surface area contributed by atoms with Crippen molar-refractivity contribution in [1.29, 1.82) is 0 Å². The van der Waals surface area contributed by atoms with Gasteiger partial charge < -0.3 is 28.4 Å². The number of ether oxygens (including phenoxy) is 6. The van der Waals surface area contributed by atoms with Gasteiger partial charge in [0.2, 0.25) is 0 Å². The van der Waals surface area contributed by atoms with Crippen LogP contribution in [0.15, 0.2) is 172 Å². The highest BCUT2D eigenvalue weighted by Crippen LogP contribution is 2.36. The Bertz CT molecular complexity index is 2570. The molecule has 0 saturated carbocycles. The fraction of sp³-hybridized carbons (Fsp3) is 0.273. The lowest BCUT2D eigenvalue weighted by Crippen LogP contribution is -2.17. The molecule has 0 aliphatic carbocycles. The van der Waals surface area contributed by atoms with Crippen LogP contribution in [0.4, 0.5) is 0 Å². The summed E-state index contributed by atoms with van der Waals surface area (Å²) >= 11 is 21.1. The zero-order valence-electron chi connectivity index (χ0n) is 45.1. The molecule has 0 aromatic heterocycles. The Labute approximate surface area is 512 Å². The normalized spacial score (nSPS) is 10.9. The average molecular weight is 1430 g/mol. The molecule has 6 nitrogen and oxygen atoms in total. The predicted octanol–water partition coefficient (Wildman–Crippen LogP) is 20.8. The van der Waals surface area contributed by atoms with E-state index in [1.165, 1.54) is 66.8 Å². The van der Waals surface area contributed by atoms with Gasteiger partial charge in [0, 0.05) is 26.8 Å². The lowest BCUT2D eigenvalue weighted by Gasteiger charge is -2.26. The van der Waals surface area contributed by atoms with Crippen molar-refractivity contribution in [2.45, 2.75) is 120 Å². The van der Waals surface area contributed by atoms with E-state index in [2.05, 4.69) is 137 Å². The van der Waals surface area contributed by atoms with Crippen molar-refractivity contribution in [3.05, 3.63) is 239 Å². The Morgan fingerprint density at radius 1 is 0.192 bits per heavy atom. The lowest BCUT2D eigenvalue weighted by atomic mass is 9.84. The van der Waals surface area contributed by atoms with Gasteiger partial charge in [-0.2, -0.15) is 0 Å². The van der Waals surface area contributed by atoms with E-state index in [-0.39, 0.29) is 0 Å². The highest BCUT2D eigenvalue weighted by atomic mass is 79.9. The summed E-state index contributed by atoms with van der Waals surface area (Å²) in [4.78, 5) is 0. The first kappa shape index (κ1) is 61.1. The Morgan fingerprint density at radius 2 is 0.308 bits per heavy atom. The molecule has 0 aliphatic heterocycles. The molecule has 8 aromatic rings. The predicted molar refractivity (Wildman–Crippen MR) is 340 cm³/mol. The number of halogens is 6. The minimum atomic E-state index is 0.495. The minimum absolute atomic E-state index is 0.495. The van der Waals surface area contributed by atoms with Gasteiger partial charge in [0.1, 0.15) is 74.1 Å². The van der Waals surface area contributed by atoms with Gasteiger partial charge in [-0.05, 0) is 251 Å². The second-order valence-electron chi connectivity index (χ2n) is 18.3. The van der Waals surface area contributed by atoms with Crippen LogP contribution in [-0.2, 0) is 78.2 Å². The Morgan fingerprint density at radius 3 is 0.410 bits per heavy atom. The molecule has 8 rings (SSSR count). The van der Waals surface area contributed by atoms with Crippen molar-refractivity contribution in [2.24, 2.45) is 0 Å². The van der Waals surface area contributed by atoms with Gasteiger partial charge >= 0.3 is 0 Å². The second kappa shape index (κ2) is 30.9. The summed E-state index contributed by atoms with van der Waals surface area (Å²) in [6, 6.07) is 48.0. The molecule has 0 atom stereocenters. The molecule has 12 heteroatoms. The van der Waals surface area contributed by atoms with E-state index < -0.39 is 0 Å². The molecule has 0 saturated heterocycles. The van der Waals surface area contributed by atoms with Crippen molar-refractivity contribution < 1.29 is 28.4 Å². The van der Waals surface area contributed by atoms with E-state index >= 15 is 0 Å². The number of hydrogen-bond donors (Lipinski definition) is 0. The number of benzene rings is 8. The standard InChI is InChI=1S/2C33H33Br3O3/c2*1-4-28-31(19-37-25-13-7-22(34)8-14-25)29(5-2)33(21-39-27-17-11-24(36)12-18-27)30(6-3)32(28)20-38-26-15-9-23(35)10-16-26/h2*7-18H,4-6,19-21H2,1-3H3. The fourth-order valence-electron chi connectivity index (χ4n) is 9.91. The summed E-state index contributed by atoms with van der Waals surface area (Å²) in [7, 11) is 0. The minimum Gasteiger partial charge on any atom is -0.489 e. The molecular weight excluding hydrogens is 1370 g/mol. The van der Waals surface area contributed by atoms with Crippen LogP contribution in [0.3, 0.4) is 0 Å². The Kier molecular flexibility index (Phi) is 24.2. The third-order valence-corrected chi connectivity index (χ3v) is 16.8. The first-order valence-electron chi connectivity index (χ1n) is 26.5. The molecule has 0 unspecified atom stereocenters. The van der Waals surface area contributed by atoms with Gasteiger partial charge in [-0.25, -0.2) is 0 Å². The van der Waals surface area contributed by atoms with Crippen molar-refractivity contribution >= 4 is 95.6 Å². The van der Waals surface area contributed by atoms with E-state index in [1.807, 2.05) is 146 Å². The van der Waals surface area contributed by atoms with Gasteiger partial charge in [0.15, 0.2) is 0 Å². The van der Waals surface area contributed by atoms with Crippen LogP contribution < -0.4 is 28.4 Å². The first-order chi connectivity index (χ1) is 37.9. The first-order valence-corrected chi connectivity index (χ1v) is 31.3. The van der Waals surface area contributed by atoms with Gasteiger partial charge in [0.25, 0.3) is 0 Å². The monoisotopic (exact) mass is 1430 g/mol. The zero-order valence-corrected chi connectivity index (χ0v) is 54.6. The smallest absolute Gasteiger partial charge is 0.119 e. The lowest BCUT2D eigenvalue weighted by molar-refractivity contribution is 0.288. The van der Waals surface area contributed by atoms with E-state index in [4.69, 9.17) is 28.4 Å². The molecule has 0 amide bonds. The summed E-state index contributed by atoms with van der Waals surface area (Å²) in [6.07, 6.45) is 5.37. The molecular formula is C66H66Br6O6. The van der Waals surface area contributed by atoms with Crippen LogP contribution in [0.25, 0.3) is 0 Å². The van der Waals surface area contributed by atoms with Gasteiger partial charge in [-0.15, -0.1) is 0 Å². The maximum absolute atomic E-state index is 6.35. The fourth-order valence-corrected chi connectivity index (χ4v) is 11.5. The molecule has 0 spiro atoms. The highest BCUT2D eigenvalue weighted by Gasteiger charge is 2.25. The van der Waals surface area contributed by atoms with Crippen LogP contribution in [0.5, 0.6) is 34.5 Å². The quantitative estimate of drug-likeness (QED) is 0.0601. The van der Waals surface area contributed by atoms with E-state index in [9.17, 15) is 0 Å². The van der Waals surface area contributed by atoms with E-state index in [0.29, 0.717) is 39.6 Å². The maximum atomic E-state index is 6.35. The highest BCUT2D eigenvalue weighted by molar-refractivity contribution is 9.11. The molecule has 408 valence electrons. The molecule has 0 radical (unpaired) electrons. The van der Waals surface area contributed by atoms with Crippen LogP contribution in [0, 0.1) is 0 Å². The van der Waals surface area contributed by atoms with Gasteiger partial charge in [0.05, 0.1) is 0 Å². The van der Waals surface area contributed by atoms with Crippen LogP contribution in [-0.4, -0.2) is 0 Å². The van der Waals surface area contributed by atoms with Crippen LogP contribution >= 0.6 is 95.6 Å². The largest absolute Gasteiger partial charge is 0.489 e. The van der Waals surface area contributed by atoms with Crippen LogP contribution in [0.1, 0.15) is 108 Å². The summed E-state index contributed by atoms with van der Waals surface area (Å²) in [5.74, 6) is 5.10.